The van der Waals surface area contributed by atoms with Gasteiger partial charge in [-0.15, -0.1) is 0 Å². The van der Waals surface area contributed by atoms with E-state index in [0.29, 0.717) is 55.2 Å². The van der Waals surface area contributed by atoms with Crippen LogP contribution in [0, 0.1) is 19.8 Å². The third-order valence-corrected chi connectivity index (χ3v) is 6.42. The van der Waals surface area contributed by atoms with Gasteiger partial charge >= 0.3 is 0 Å². The van der Waals surface area contributed by atoms with Crippen molar-refractivity contribution in [1.29, 1.82) is 0 Å². The molecule has 0 aliphatic heterocycles. The van der Waals surface area contributed by atoms with E-state index in [1.54, 1.807) is 41.8 Å². The Morgan fingerprint density at radius 3 is 2.29 bits per heavy atom. The Balaban J connectivity index is 2.18. The van der Waals surface area contributed by atoms with E-state index in [2.05, 4.69) is 12.2 Å². The number of carbonyl (C=O) groups is 1. The van der Waals surface area contributed by atoms with Crippen LogP contribution in [0.4, 0.5) is 5.69 Å². The average molecular weight is 528 g/mol. The van der Waals surface area contributed by atoms with Gasteiger partial charge in [-0.3, -0.25) is 14.2 Å². The second kappa shape index (κ2) is 10.0. The summed E-state index contributed by atoms with van der Waals surface area (Å²) >= 11 is 18.9. The number of anilines is 1. The molecule has 35 heavy (non-hydrogen) atoms. The molecule has 0 atom stereocenters. The predicted octanol–water partition coefficient (Wildman–Crippen LogP) is 7.43. The Morgan fingerprint density at radius 1 is 1.03 bits per heavy atom. The minimum absolute atomic E-state index is 0.184. The zero-order chi connectivity index (χ0) is 25.4. The molecule has 1 N–H and O–H groups in total. The second-order valence-corrected chi connectivity index (χ2v) is 10.0. The molecule has 0 saturated heterocycles. The Labute approximate surface area is 218 Å². The highest BCUT2D eigenvalue weighted by molar-refractivity contribution is 6.36. The molecule has 0 spiro atoms. The normalized spacial score (nSPS) is 11.3. The third-order valence-electron chi connectivity index (χ3n) is 5.62. The van der Waals surface area contributed by atoms with Crippen molar-refractivity contribution >= 4 is 57.4 Å². The molecule has 0 saturated carbocycles. The first kappa shape index (κ1) is 25.2. The number of aromatic nitrogens is 2. The molecule has 4 rings (SSSR count). The van der Waals surface area contributed by atoms with Crippen LogP contribution in [0.25, 0.3) is 33.4 Å². The van der Waals surface area contributed by atoms with Gasteiger partial charge in [0.15, 0.2) is 0 Å². The maximum Gasteiger partial charge on any atom is 0.257 e. The van der Waals surface area contributed by atoms with E-state index in [9.17, 15) is 9.59 Å². The van der Waals surface area contributed by atoms with Crippen LogP contribution < -0.4 is 10.9 Å². The molecule has 5 nitrogen and oxygen atoms in total. The van der Waals surface area contributed by atoms with Gasteiger partial charge in [0.05, 0.1) is 16.4 Å². The first-order valence-electron chi connectivity index (χ1n) is 11.0. The number of fused-ring (bicyclic) bond motifs is 1. The summed E-state index contributed by atoms with van der Waals surface area (Å²) in [4.78, 5) is 30.3. The van der Waals surface area contributed by atoms with Gasteiger partial charge in [0.25, 0.3) is 5.56 Å². The Bertz CT molecular complexity index is 1510. The fourth-order valence-corrected chi connectivity index (χ4v) is 4.70. The summed E-state index contributed by atoms with van der Waals surface area (Å²) in [7, 11) is 0. The number of hydrogen-bond acceptors (Lipinski definition) is 3. The average Bonchev–Trinajstić information content (AvgIpc) is 2.79. The van der Waals surface area contributed by atoms with Crippen LogP contribution in [0.15, 0.2) is 53.3 Å². The highest BCUT2D eigenvalue weighted by Crippen LogP contribution is 2.39. The molecule has 4 aromatic rings. The number of halogens is 3. The van der Waals surface area contributed by atoms with Crippen molar-refractivity contribution in [1.82, 2.24) is 9.55 Å². The molecule has 2 aromatic heterocycles. The number of pyridine rings is 2. The van der Waals surface area contributed by atoms with Gasteiger partial charge < -0.3 is 5.32 Å². The number of benzene rings is 2. The van der Waals surface area contributed by atoms with Gasteiger partial charge in [0.1, 0.15) is 5.65 Å². The van der Waals surface area contributed by atoms with E-state index < -0.39 is 5.91 Å². The summed E-state index contributed by atoms with van der Waals surface area (Å²) in [5.41, 5.74) is 3.86. The molecule has 0 aliphatic carbocycles. The monoisotopic (exact) mass is 526 g/mol. The van der Waals surface area contributed by atoms with E-state index in [4.69, 9.17) is 39.8 Å². The molecule has 0 aliphatic rings. The van der Waals surface area contributed by atoms with Crippen LogP contribution >= 0.6 is 34.8 Å². The van der Waals surface area contributed by atoms with Crippen LogP contribution in [-0.4, -0.2) is 15.5 Å². The first-order valence-corrected chi connectivity index (χ1v) is 12.1. The molecule has 2 aromatic carbocycles. The SMILES string of the molecule is [CH2]C(=O)Nc1c(C)c(=O)n(CC(C)C)c2nc(-c3ccc(Cl)cc3Cl)c(-c3ccc(Cl)cc3)cc12. The number of hydrogen-bond donors (Lipinski definition) is 1. The van der Waals surface area contributed by atoms with Crippen molar-refractivity contribution in [2.24, 2.45) is 5.92 Å². The van der Waals surface area contributed by atoms with Gasteiger partial charge in [-0.1, -0.05) is 60.8 Å². The topological polar surface area (TPSA) is 64.0 Å². The zero-order valence-corrected chi connectivity index (χ0v) is 21.7. The first-order chi connectivity index (χ1) is 16.6. The van der Waals surface area contributed by atoms with Crippen molar-refractivity contribution in [3.05, 3.63) is 86.4 Å². The lowest BCUT2D eigenvalue weighted by atomic mass is 9.97. The molecular weight excluding hydrogens is 505 g/mol. The van der Waals surface area contributed by atoms with Gasteiger partial charge in [-0.2, -0.15) is 0 Å². The standard InChI is InChI=1S/C27H23Cl3N3O2/c1-14(2)13-33-26-22(24(31-16(4)34)15(3)27(33)35)12-21(17-5-7-18(28)8-6-17)25(32-26)20-10-9-19(29)11-23(20)30/h5-12,14H,4,13H2,1-3H3,(H,31,34). The zero-order valence-electron chi connectivity index (χ0n) is 19.5. The second-order valence-electron chi connectivity index (χ2n) is 8.74. The predicted molar refractivity (Wildman–Crippen MR) is 145 cm³/mol. The maximum absolute atomic E-state index is 13.4. The summed E-state index contributed by atoms with van der Waals surface area (Å²) in [6.07, 6.45) is 0. The van der Waals surface area contributed by atoms with E-state index in [-0.39, 0.29) is 11.5 Å². The lowest BCUT2D eigenvalue weighted by molar-refractivity contribution is -0.112. The van der Waals surface area contributed by atoms with Crippen LogP contribution in [0.3, 0.4) is 0 Å². The highest BCUT2D eigenvalue weighted by Gasteiger charge is 2.21. The Morgan fingerprint density at radius 2 is 1.69 bits per heavy atom. The quantitative estimate of drug-likeness (QED) is 0.293. The van der Waals surface area contributed by atoms with Crippen LogP contribution in [-0.2, 0) is 11.3 Å². The fraction of sp³-hybridized carbons (Fsp3) is 0.185. The fourth-order valence-electron chi connectivity index (χ4n) is 4.07. The van der Waals surface area contributed by atoms with Crippen molar-refractivity contribution in [3.63, 3.8) is 0 Å². The molecule has 179 valence electrons. The summed E-state index contributed by atoms with van der Waals surface area (Å²) in [6.45, 7) is 9.63. The molecule has 2 heterocycles. The van der Waals surface area contributed by atoms with Crippen molar-refractivity contribution in [3.8, 4) is 22.4 Å². The summed E-state index contributed by atoms with van der Waals surface area (Å²) < 4.78 is 1.65. The molecule has 1 radical (unpaired) electrons. The molecular formula is C27H23Cl3N3O2. The molecule has 8 heteroatoms. The lowest BCUT2D eigenvalue weighted by Crippen LogP contribution is -2.27. The van der Waals surface area contributed by atoms with Crippen LogP contribution in [0.1, 0.15) is 19.4 Å². The van der Waals surface area contributed by atoms with Gasteiger partial charge in [0.2, 0.25) is 5.91 Å². The van der Waals surface area contributed by atoms with Crippen molar-refractivity contribution in [2.75, 3.05) is 5.32 Å². The Hall–Kier alpha value is -2.86. The third kappa shape index (κ3) is 5.08. The molecule has 0 bridgehead atoms. The smallest absolute Gasteiger partial charge is 0.257 e. The van der Waals surface area contributed by atoms with Gasteiger partial charge in [0, 0.05) is 45.6 Å². The molecule has 0 unspecified atom stereocenters. The largest absolute Gasteiger partial charge is 0.325 e. The number of nitrogens with zero attached hydrogens (tertiary/aromatic N) is 2. The minimum atomic E-state index is -0.520. The number of carbonyl (C=O) groups excluding carboxylic acids is 1. The number of nitrogens with one attached hydrogen (secondary N) is 1. The van der Waals surface area contributed by atoms with Gasteiger partial charge in [-0.25, -0.2) is 4.98 Å². The lowest BCUT2D eigenvalue weighted by Gasteiger charge is -2.20. The Kier molecular flexibility index (Phi) is 7.22. The number of amides is 1. The van der Waals surface area contributed by atoms with E-state index in [1.807, 2.05) is 32.0 Å². The summed E-state index contributed by atoms with van der Waals surface area (Å²) in [6, 6.07) is 14.5. The molecule has 1 amide bonds. The number of rotatable bonds is 5. The summed E-state index contributed by atoms with van der Waals surface area (Å²) in [5, 5.41) is 4.88. The van der Waals surface area contributed by atoms with E-state index in [0.717, 1.165) is 11.1 Å². The van der Waals surface area contributed by atoms with Gasteiger partial charge in [-0.05, 0) is 54.8 Å². The highest BCUT2D eigenvalue weighted by atomic mass is 35.5. The van der Waals surface area contributed by atoms with Crippen molar-refractivity contribution in [2.45, 2.75) is 27.3 Å². The van der Waals surface area contributed by atoms with Crippen LogP contribution in [0.5, 0.6) is 0 Å². The van der Waals surface area contributed by atoms with E-state index >= 15 is 0 Å². The van der Waals surface area contributed by atoms with Crippen molar-refractivity contribution < 1.29 is 4.79 Å². The minimum Gasteiger partial charge on any atom is -0.325 e. The summed E-state index contributed by atoms with van der Waals surface area (Å²) in [5.74, 6) is -0.336. The van der Waals surface area contributed by atoms with Crippen LogP contribution in [0.2, 0.25) is 15.1 Å². The molecule has 0 fully saturated rings. The maximum atomic E-state index is 13.4. The van der Waals surface area contributed by atoms with E-state index in [1.165, 1.54) is 0 Å².